The molecule has 2 amide bonds. The van der Waals surface area contributed by atoms with E-state index in [1.54, 1.807) is 18.6 Å². The highest BCUT2D eigenvalue weighted by Gasteiger charge is 2.30. The molecule has 1 heterocycles. The molecule has 3 atom stereocenters. The van der Waals surface area contributed by atoms with Gasteiger partial charge < -0.3 is 20.5 Å². The van der Waals surface area contributed by atoms with Gasteiger partial charge in [0.25, 0.3) is 0 Å². The topological polar surface area (TPSA) is 143 Å². The molecule has 0 aliphatic heterocycles. The molecule has 0 aliphatic carbocycles. The van der Waals surface area contributed by atoms with E-state index in [9.17, 15) is 14.7 Å². The van der Waals surface area contributed by atoms with E-state index in [0.29, 0.717) is 13.0 Å². The summed E-state index contributed by atoms with van der Waals surface area (Å²) in [5.74, 6) is 5.67. The van der Waals surface area contributed by atoms with Gasteiger partial charge in [0, 0.05) is 31.0 Å². The molecule has 0 saturated carbocycles. The fraction of sp³-hybridized carbons (Fsp3) is 0.357. The van der Waals surface area contributed by atoms with E-state index in [-0.39, 0.29) is 24.9 Å². The van der Waals surface area contributed by atoms with Gasteiger partial charge in [-0.2, -0.15) is 0 Å². The molecule has 0 unspecified atom stereocenters. The minimum Gasteiger partial charge on any atom is -0.453 e. The van der Waals surface area contributed by atoms with Crippen molar-refractivity contribution in [3.8, 4) is 11.3 Å². The Hall–Kier alpha value is -3.57. The Labute approximate surface area is 235 Å². The van der Waals surface area contributed by atoms with Crippen molar-refractivity contribution in [3.05, 3.63) is 84.3 Å². The van der Waals surface area contributed by atoms with Gasteiger partial charge in [0.2, 0.25) is 5.91 Å². The van der Waals surface area contributed by atoms with Crippen LogP contribution < -0.4 is 16.5 Å². The number of nitrogens with zero attached hydrogens (tertiary/aromatic N) is 3. The fourth-order valence-electron chi connectivity index (χ4n) is 4.04. The number of methoxy groups -OCH3 is 1. The summed E-state index contributed by atoms with van der Waals surface area (Å²) >= 11 is 0. The molecule has 0 saturated heterocycles. The van der Waals surface area contributed by atoms with Crippen LogP contribution in [0, 0.1) is 5.92 Å². The van der Waals surface area contributed by atoms with Gasteiger partial charge in [0.05, 0.1) is 31.1 Å². The van der Waals surface area contributed by atoms with Crippen LogP contribution in [0.15, 0.2) is 73.2 Å². The highest BCUT2D eigenvalue weighted by molar-refractivity contribution is 5.86. The molecule has 0 bridgehead atoms. The molecule has 210 valence electrons. The summed E-state index contributed by atoms with van der Waals surface area (Å²) in [5, 5.41) is 18.1. The van der Waals surface area contributed by atoms with Gasteiger partial charge in [-0.05, 0) is 23.5 Å². The van der Waals surface area contributed by atoms with Gasteiger partial charge >= 0.3 is 6.09 Å². The first-order valence-electron chi connectivity index (χ1n) is 12.5. The zero-order valence-corrected chi connectivity index (χ0v) is 23.2. The summed E-state index contributed by atoms with van der Waals surface area (Å²) < 4.78 is 4.66. The number of aliphatic hydroxyl groups excluding tert-OH is 1. The SMILES string of the molecule is COC(=O)N[C@H](C(=O)N[C@@H](Cc1ccccc1)[C@@H](O)CN(N)Cc1ccc(-c2cnccn2)cc1)C(C)C.Cl. The van der Waals surface area contributed by atoms with Gasteiger partial charge in [-0.25, -0.2) is 9.80 Å². The molecule has 0 fully saturated rings. The van der Waals surface area contributed by atoms with Crippen LogP contribution in [0.2, 0.25) is 0 Å². The Morgan fingerprint density at radius 1 is 1.03 bits per heavy atom. The Kier molecular flexibility index (Phi) is 12.8. The summed E-state index contributed by atoms with van der Waals surface area (Å²) in [6, 6.07) is 15.9. The maximum Gasteiger partial charge on any atom is 0.407 e. The number of nitrogens with two attached hydrogens (primary N) is 1. The number of alkyl carbamates (subject to hydrolysis) is 1. The third kappa shape index (κ3) is 9.92. The van der Waals surface area contributed by atoms with Crippen LogP contribution in [0.4, 0.5) is 4.79 Å². The summed E-state index contributed by atoms with van der Waals surface area (Å²) in [5.41, 5.74) is 3.62. The molecule has 39 heavy (non-hydrogen) atoms. The van der Waals surface area contributed by atoms with Gasteiger partial charge in [0.1, 0.15) is 6.04 Å². The number of aromatic nitrogens is 2. The number of carbonyl (C=O) groups excluding carboxylic acids is 2. The van der Waals surface area contributed by atoms with Crippen molar-refractivity contribution in [1.82, 2.24) is 25.6 Å². The van der Waals surface area contributed by atoms with Crippen LogP contribution in [0.25, 0.3) is 11.3 Å². The van der Waals surface area contributed by atoms with Crippen LogP contribution in [0.1, 0.15) is 25.0 Å². The van der Waals surface area contributed by atoms with Gasteiger partial charge in [-0.15, -0.1) is 12.4 Å². The van der Waals surface area contributed by atoms with Crippen molar-refractivity contribution >= 4 is 24.4 Å². The van der Waals surface area contributed by atoms with Crippen LogP contribution >= 0.6 is 12.4 Å². The highest BCUT2D eigenvalue weighted by Crippen LogP contribution is 2.17. The molecular weight excluding hydrogens is 520 g/mol. The second kappa shape index (κ2) is 15.7. The average molecular weight is 557 g/mol. The van der Waals surface area contributed by atoms with E-state index in [2.05, 4.69) is 25.3 Å². The molecule has 3 rings (SSSR count). The molecule has 11 heteroatoms. The van der Waals surface area contributed by atoms with E-state index in [0.717, 1.165) is 22.4 Å². The lowest BCUT2D eigenvalue weighted by molar-refractivity contribution is -0.125. The van der Waals surface area contributed by atoms with Crippen LogP contribution in [0.5, 0.6) is 0 Å². The summed E-state index contributed by atoms with van der Waals surface area (Å²) in [6.07, 6.45) is 3.68. The third-order valence-corrected chi connectivity index (χ3v) is 6.12. The number of carbonyl (C=O) groups is 2. The number of hydrogen-bond donors (Lipinski definition) is 4. The standard InChI is InChI=1S/C28H36N6O4.ClH/c1-19(2)26(33-28(37)38-3)27(36)32-23(15-20-7-5-4-6-8-20)25(35)18-34(29)17-21-9-11-22(12-10-21)24-16-30-13-14-31-24;/h4-14,16,19,23,25-26,35H,15,17-18,29H2,1-3H3,(H,32,36)(H,33,37);1H/t23-,25-,26-;/m0./s1. The van der Waals surface area contributed by atoms with Crippen molar-refractivity contribution < 1.29 is 19.4 Å². The molecule has 5 N–H and O–H groups in total. The molecule has 2 aromatic carbocycles. The van der Waals surface area contributed by atoms with Gasteiger partial charge in [0.15, 0.2) is 0 Å². The predicted octanol–water partition coefficient (Wildman–Crippen LogP) is 2.71. The first-order chi connectivity index (χ1) is 18.3. The molecule has 10 nitrogen and oxygen atoms in total. The first-order valence-corrected chi connectivity index (χ1v) is 12.5. The van der Waals surface area contributed by atoms with Crippen LogP contribution in [-0.4, -0.2) is 63.9 Å². The van der Waals surface area contributed by atoms with E-state index in [1.807, 2.05) is 68.4 Å². The maximum absolute atomic E-state index is 13.1. The molecule has 0 aliphatic rings. The fourth-order valence-corrected chi connectivity index (χ4v) is 4.04. The van der Waals surface area contributed by atoms with E-state index >= 15 is 0 Å². The van der Waals surface area contributed by atoms with E-state index < -0.39 is 30.2 Å². The lowest BCUT2D eigenvalue weighted by Gasteiger charge is -2.30. The van der Waals surface area contributed by atoms with Crippen molar-refractivity contribution in [2.45, 2.75) is 45.0 Å². The van der Waals surface area contributed by atoms with Crippen molar-refractivity contribution in [2.75, 3.05) is 13.7 Å². The number of nitrogens with one attached hydrogen (secondary N) is 2. The number of amides is 2. The van der Waals surface area contributed by atoms with Crippen molar-refractivity contribution in [1.29, 1.82) is 0 Å². The average Bonchev–Trinajstić information content (AvgIpc) is 2.92. The Bertz CT molecular complexity index is 1150. The lowest BCUT2D eigenvalue weighted by Crippen LogP contribution is -2.56. The monoisotopic (exact) mass is 556 g/mol. The van der Waals surface area contributed by atoms with E-state index in [4.69, 9.17) is 5.84 Å². The lowest BCUT2D eigenvalue weighted by atomic mass is 9.98. The molecule has 1 aromatic heterocycles. The van der Waals surface area contributed by atoms with Gasteiger partial charge in [-0.1, -0.05) is 68.4 Å². The Morgan fingerprint density at radius 3 is 2.31 bits per heavy atom. The number of ether oxygens (including phenoxy) is 1. The van der Waals surface area contributed by atoms with Crippen LogP contribution in [-0.2, 0) is 22.5 Å². The Morgan fingerprint density at radius 2 is 1.72 bits per heavy atom. The second-order valence-electron chi connectivity index (χ2n) is 9.45. The predicted molar refractivity (Wildman–Crippen MR) is 152 cm³/mol. The largest absolute Gasteiger partial charge is 0.453 e. The third-order valence-electron chi connectivity index (χ3n) is 6.12. The summed E-state index contributed by atoms with van der Waals surface area (Å²) in [6.45, 7) is 4.14. The molecule has 3 aromatic rings. The number of hydrogen-bond acceptors (Lipinski definition) is 8. The zero-order chi connectivity index (χ0) is 27.5. The number of benzene rings is 2. The number of hydrazine groups is 1. The summed E-state index contributed by atoms with van der Waals surface area (Å²) in [7, 11) is 1.24. The maximum atomic E-state index is 13.1. The first kappa shape index (κ1) is 31.6. The minimum atomic E-state index is -0.978. The second-order valence-corrected chi connectivity index (χ2v) is 9.45. The van der Waals surface area contributed by atoms with E-state index in [1.165, 1.54) is 12.1 Å². The van der Waals surface area contributed by atoms with Crippen molar-refractivity contribution in [3.63, 3.8) is 0 Å². The molecule has 0 spiro atoms. The van der Waals surface area contributed by atoms with Crippen molar-refractivity contribution in [2.24, 2.45) is 11.8 Å². The number of rotatable bonds is 12. The molecular formula is C28H37ClN6O4. The quantitative estimate of drug-likeness (QED) is 0.197. The Balaban J connectivity index is 0.00000533. The highest BCUT2D eigenvalue weighted by atomic mass is 35.5. The van der Waals surface area contributed by atoms with Crippen LogP contribution in [0.3, 0.4) is 0 Å². The zero-order valence-electron chi connectivity index (χ0n) is 22.4. The molecule has 0 radical (unpaired) electrons. The smallest absolute Gasteiger partial charge is 0.407 e. The summed E-state index contributed by atoms with van der Waals surface area (Å²) in [4.78, 5) is 33.3. The van der Waals surface area contributed by atoms with Gasteiger partial charge in [-0.3, -0.25) is 20.6 Å². The number of aliphatic hydroxyl groups is 1. The normalized spacial score (nSPS) is 13.2. The minimum absolute atomic E-state index is 0. The number of halogens is 1.